The number of aryl methyl sites for hydroxylation is 1. The van der Waals surface area contributed by atoms with Crippen LogP contribution in [-0.4, -0.2) is 69.6 Å². The van der Waals surface area contributed by atoms with Crippen molar-refractivity contribution < 1.29 is 13.2 Å². The Bertz CT molecular complexity index is 667. The van der Waals surface area contributed by atoms with Crippen molar-refractivity contribution in [3.63, 3.8) is 0 Å². The highest BCUT2D eigenvalue weighted by Gasteiger charge is 2.32. The first-order valence-corrected chi connectivity index (χ1v) is 9.58. The van der Waals surface area contributed by atoms with Gasteiger partial charge in [0.05, 0.1) is 11.9 Å². The van der Waals surface area contributed by atoms with Gasteiger partial charge in [-0.25, -0.2) is 8.42 Å². The summed E-state index contributed by atoms with van der Waals surface area (Å²) in [4.78, 5) is 16.7. The third-order valence-electron chi connectivity index (χ3n) is 4.14. The van der Waals surface area contributed by atoms with Gasteiger partial charge in [-0.3, -0.25) is 9.10 Å². The Kier molecular flexibility index (Phi) is 5.31. The molecular weight excluding hydrogens is 314 g/mol. The second-order valence-electron chi connectivity index (χ2n) is 6.20. The van der Waals surface area contributed by atoms with Gasteiger partial charge in [0, 0.05) is 26.2 Å². The lowest BCUT2D eigenvalue weighted by atomic mass is 10.2. The highest BCUT2D eigenvalue weighted by atomic mass is 32.2. The van der Waals surface area contributed by atoms with Gasteiger partial charge in [0.2, 0.25) is 15.9 Å². The fourth-order valence-corrected chi connectivity index (χ4v) is 4.02. The number of benzene rings is 1. The van der Waals surface area contributed by atoms with Gasteiger partial charge in [0.25, 0.3) is 0 Å². The quantitative estimate of drug-likeness (QED) is 0.819. The fraction of sp³-hybridized carbons (Fsp3) is 0.562. The molecule has 1 aromatic rings. The summed E-state index contributed by atoms with van der Waals surface area (Å²) in [7, 11) is -1.54. The molecule has 1 aromatic carbocycles. The van der Waals surface area contributed by atoms with Crippen LogP contribution in [-0.2, 0) is 14.8 Å². The molecule has 0 aromatic heterocycles. The summed E-state index contributed by atoms with van der Waals surface area (Å²) in [5, 5.41) is 0. The molecular formula is C16H25N3O3S. The van der Waals surface area contributed by atoms with Gasteiger partial charge in [-0.2, -0.15) is 0 Å². The standard InChI is InChI=1S/C16H25N3O3S/c1-13-6-5-7-15(12-13)19(23(4,21)22)14(2)16(20)18-10-8-17(3)9-11-18/h5-7,12,14H,8-11H2,1-4H3/t14-/m0/s1. The normalized spacial score (nSPS) is 17.8. The summed E-state index contributed by atoms with van der Waals surface area (Å²) in [6.45, 7) is 6.43. The molecule has 128 valence electrons. The van der Waals surface area contributed by atoms with Crippen LogP contribution in [0.1, 0.15) is 12.5 Å². The van der Waals surface area contributed by atoms with Gasteiger partial charge in [-0.1, -0.05) is 12.1 Å². The molecule has 23 heavy (non-hydrogen) atoms. The lowest BCUT2D eigenvalue weighted by Gasteiger charge is -2.37. The van der Waals surface area contributed by atoms with E-state index in [1.165, 1.54) is 4.31 Å². The molecule has 1 heterocycles. The average molecular weight is 339 g/mol. The van der Waals surface area contributed by atoms with Crippen molar-refractivity contribution in [3.8, 4) is 0 Å². The smallest absolute Gasteiger partial charge is 0.246 e. The highest BCUT2D eigenvalue weighted by Crippen LogP contribution is 2.23. The Morgan fingerprint density at radius 3 is 2.35 bits per heavy atom. The largest absolute Gasteiger partial charge is 0.338 e. The molecule has 0 bridgehead atoms. The molecule has 1 amide bonds. The Balaban J connectivity index is 2.27. The van der Waals surface area contributed by atoms with Gasteiger partial charge >= 0.3 is 0 Å². The topological polar surface area (TPSA) is 60.9 Å². The predicted molar refractivity (Wildman–Crippen MR) is 92.0 cm³/mol. The van der Waals surface area contributed by atoms with E-state index in [-0.39, 0.29) is 5.91 Å². The number of carbonyl (C=O) groups is 1. The minimum Gasteiger partial charge on any atom is -0.338 e. The van der Waals surface area contributed by atoms with Crippen LogP contribution in [0.15, 0.2) is 24.3 Å². The van der Waals surface area contributed by atoms with Gasteiger partial charge in [-0.05, 0) is 38.6 Å². The lowest BCUT2D eigenvalue weighted by molar-refractivity contribution is -0.133. The van der Waals surface area contributed by atoms with Crippen LogP contribution >= 0.6 is 0 Å². The zero-order valence-electron chi connectivity index (χ0n) is 14.2. The monoisotopic (exact) mass is 339 g/mol. The Hall–Kier alpha value is -1.60. The summed E-state index contributed by atoms with van der Waals surface area (Å²) in [5.41, 5.74) is 1.48. The number of carbonyl (C=O) groups excluding carboxylic acids is 1. The second-order valence-corrected chi connectivity index (χ2v) is 8.06. The highest BCUT2D eigenvalue weighted by molar-refractivity contribution is 7.92. The maximum Gasteiger partial charge on any atom is 0.246 e. The zero-order chi connectivity index (χ0) is 17.2. The fourth-order valence-electron chi connectivity index (χ4n) is 2.86. The molecule has 1 fully saturated rings. The number of likely N-dealkylation sites (N-methyl/N-ethyl adjacent to an activating group) is 1. The van der Waals surface area contributed by atoms with E-state index >= 15 is 0 Å². The Morgan fingerprint density at radius 2 is 1.83 bits per heavy atom. The number of amides is 1. The maximum absolute atomic E-state index is 12.8. The summed E-state index contributed by atoms with van der Waals surface area (Å²) < 4.78 is 25.8. The lowest BCUT2D eigenvalue weighted by Crippen LogP contribution is -2.54. The van der Waals surface area contributed by atoms with Crippen LogP contribution in [0.4, 0.5) is 5.69 Å². The van der Waals surface area contributed by atoms with E-state index in [2.05, 4.69) is 4.90 Å². The van der Waals surface area contributed by atoms with Gasteiger partial charge in [-0.15, -0.1) is 0 Å². The molecule has 0 N–H and O–H groups in total. The molecule has 2 rings (SSSR count). The van der Waals surface area contributed by atoms with Crippen LogP contribution < -0.4 is 4.31 Å². The number of piperazine rings is 1. The number of sulfonamides is 1. The summed E-state index contributed by atoms with van der Waals surface area (Å²) in [6.07, 6.45) is 1.14. The van der Waals surface area contributed by atoms with E-state index in [0.29, 0.717) is 18.8 Å². The van der Waals surface area contributed by atoms with E-state index in [1.54, 1.807) is 30.0 Å². The Morgan fingerprint density at radius 1 is 1.22 bits per heavy atom. The minimum absolute atomic E-state index is 0.148. The first-order valence-electron chi connectivity index (χ1n) is 7.73. The molecule has 0 saturated carbocycles. The van der Waals surface area contributed by atoms with E-state index < -0.39 is 16.1 Å². The van der Waals surface area contributed by atoms with Crippen molar-refractivity contribution in [1.29, 1.82) is 0 Å². The number of hydrogen-bond acceptors (Lipinski definition) is 4. The third-order valence-corrected chi connectivity index (χ3v) is 5.38. The number of nitrogens with zero attached hydrogens (tertiary/aromatic N) is 3. The van der Waals surface area contributed by atoms with Crippen molar-refractivity contribution in [1.82, 2.24) is 9.80 Å². The first kappa shape index (κ1) is 17.7. The van der Waals surface area contributed by atoms with Gasteiger partial charge in [0.1, 0.15) is 6.04 Å². The van der Waals surface area contributed by atoms with Crippen molar-refractivity contribution in [2.24, 2.45) is 0 Å². The van der Waals surface area contributed by atoms with E-state index in [1.807, 2.05) is 20.0 Å². The van der Waals surface area contributed by atoms with Crippen LogP contribution in [0.5, 0.6) is 0 Å². The molecule has 7 heteroatoms. The minimum atomic E-state index is -3.55. The predicted octanol–water partition coefficient (Wildman–Crippen LogP) is 0.924. The second kappa shape index (κ2) is 6.88. The Labute approximate surface area is 138 Å². The average Bonchev–Trinajstić information content (AvgIpc) is 2.46. The van der Waals surface area contributed by atoms with E-state index in [4.69, 9.17) is 0 Å². The van der Waals surface area contributed by atoms with E-state index in [0.717, 1.165) is 24.9 Å². The summed E-state index contributed by atoms with van der Waals surface area (Å²) in [6, 6.07) is 6.46. The maximum atomic E-state index is 12.8. The van der Waals surface area contributed by atoms with Crippen LogP contribution in [0.3, 0.4) is 0 Å². The number of anilines is 1. The molecule has 1 saturated heterocycles. The van der Waals surface area contributed by atoms with Crippen molar-refractivity contribution in [3.05, 3.63) is 29.8 Å². The van der Waals surface area contributed by atoms with Crippen LogP contribution in [0, 0.1) is 6.92 Å². The first-order chi connectivity index (χ1) is 10.7. The van der Waals surface area contributed by atoms with Crippen molar-refractivity contribution >= 4 is 21.6 Å². The molecule has 0 aliphatic carbocycles. The van der Waals surface area contributed by atoms with Gasteiger partial charge in [0.15, 0.2) is 0 Å². The molecule has 1 aliphatic heterocycles. The van der Waals surface area contributed by atoms with Crippen LogP contribution in [0.2, 0.25) is 0 Å². The molecule has 0 spiro atoms. The molecule has 0 radical (unpaired) electrons. The molecule has 1 aliphatic rings. The van der Waals surface area contributed by atoms with Crippen molar-refractivity contribution in [2.75, 3.05) is 43.8 Å². The summed E-state index contributed by atoms with van der Waals surface area (Å²) >= 11 is 0. The molecule has 0 unspecified atom stereocenters. The van der Waals surface area contributed by atoms with E-state index in [9.17, 15) is 13.2 Å². The van der Waals surface area contributed by atoms with Gasteiger partial charge < -0.3 is 9.80 Å². The summed E-state index contributed by atoms with van der Waals surface area (Å²) in [5.74, 6) is -0.148. The van der Waals surface area contributed by atoms with Crippen LogP contribution in [0.25, 0.3) is 0 Å². The molecule has 6 nitrogen and oxygen atoms in total. The number of rotatable bonds is 4. The SMILES string of the molecule is Cc1cccc(N([C@@H](C)C(=O)N2CCN(C)CC2)S(C)(=O)=O)c1. The van der Waals surface area contributed by atoms with Crippen molar-refractivity contribution in [2.45, 2.75) is 19.9 Å². The molecule has 1 atom stereocenters. The number of hydrogen-bond donors (Lipinski definition) is 0. The third kappa shape index (κ3) is 4.23. The zero-order valence-corrected chi connectivity index (χ0v) is 15.0.